The van der Waals surface area contributed by atoms with Crippen molar-refractivity contribution in [3.8, 4) is 5.75 Å². The first-order chi connectivity index (χ1) is 7.70. The van der Waals surface area contributed by atoms with Gasteiger partial charge in [-0.2, -0.15) is 0 Å². The smallest absolute Gasteiger partial charge is 0.339 e. The number of ether oxygens (including phenoxy) is 2. The number of rotatable bonds is 4. The summed E-state index contributed by atoms with van der Waals surface area (Å²) >= 11 is 0. The monoisotopic (exact) mass is 222 g/mol. The van der Waals surface area contributed by atoms with E-state index in [2.05, 4.69) is 4.74 Å². The summed E-state index contributed by atoms with van der Waals surface area (Å²) in [5.41, 5.74) is 0.509. The molecule has 1 fully saturated rings. The van der Waals surface area contributed by atoms with Crippen molar-refractivity contribution < 1.29 is 19.4 Å². The highest BCUT2D eigenvalue weighted by Gasteiger charge is 2.23. The largest absolute Gasteiger partial charge is 0.490 e. The molecule has 4 nitrogen and oxygen atoms in total. The lowest BCUT2D eigenvalue weighted by molar-refractivity contribution is -0.150. The molecule has 1 aromatic rings. The van der Waals surface area contributed by atoms with Crippen molar-refractivity contribution >= 4 is 5.97 Å². The minimum Gasteiger partial charge on any atom is -0.490 e. The normalized spacial score (nSPS) is 16.6. The number of carbonyl (C=O) groups excluding carboxylic acids is 1. The topological polar surface area (TPSA) is 55.8 Å². The van der Waals surface area contributed by atoms with Crippen molar-refractivity contribution in [1.29, 1.82) is 0 Å². The summed E-state index contributed by atoms with van der Waals surface area (Å²) in [4.78, 5) is 11.1. The minimum atomic E-state index is -1.22. The Morgan fingerprint density at radius 3 is 2.50 bits per heavy atom. The van der Waals surface area contributed by atoms with E-state index in [1.807, 2.05) is 0 Å². The quantitative estimate of drug-likeness (QED) is 0.783. The molecule has 0 bridgehead atoms. The summed E-state index contributed by atoms with van der Waals surface area (Å²) < 4.78 is 10.0. The van der Waals surface area contributed by atoms with Crippen LogP contribution in [0, 0.1) is 0 Å². The molecule has 0 heterocycles. The van der Waals surface area contributed by atoms with Gasteiger partial charge in [0.15, 0.2) is 6.10 Å². The van der Waals surface area contributed by atoms with Crippen LogP contribution in [0.2, 0.25) is 0 Å². The highest BCUT2D eigenvalue weighted by molar-refractivity contribution is 5.76. The van der Waals surface area contributed by atoms with Crippen molar-refractivity contribution in [2.75, 3.05) is 7.11 Å². The van der Waals surface area contributed by atoms with Crippen LogP contribution in [0.3, 0.4) is 0 Å². The summed E-state index contributed by atoms with van der Waals surface area (Å²) in [5.74, 6) is 0.110. The lowest BCUT2D eigenvalue weighted by atomic mass is 10.1. The molecule has 1 aliphatic rings. The zero-order valence-electron chi connectivity index (χ0n) is 9.05. The van der Waals surface area contributed by atoms with Gasteiger partial charge in [0.05, 0.1) is 13.2 Å². The maximum atomic E-state index is 11.1. The molecule has 1 unspecified atom stereocenters. The van der Waals surface area contributed by atoms with Gasteiger partial charge in [-0.3, -0.25) is 0 Å². The maximum absolute atomic E-state index is 11.1. The molecular formula is C12H14O4. The van der Waals surface area contributed by atoms with Gasteiger partial charge in [0, 0.05) is 0 Å². The van der Waals surface area contributed by atoms with Crippen LogP contribution in [0.4, 0.5) is 0 Å². The van der Waals surface area contributed by atoms with Crippen molar-refractivity contribution in [1.82, 2.24) is 0 Å². The van der Waals surface area contributed by atoms with Crippen molar-refractivity contribution in [3.05, 3.63) is 29.8 Å². The number of benzene rings is 1. The van der Waals surface area contributed by atoms with Crippen molar-refractivity contribution in [3.63, 3.8) is 0 Å². The van der Waals surface area contributed by atoms with E-state index in [4.69, 9.17) is 4.74 Å². The lowest BCUT2D eigenvalue weighted by Gasteiger charge is -2.09. The first-order valence-corrected chi connectivity index (χ1v) is 5.23. The third-order valence-corrected chi connectivity index (χ3v) is 2.45. The Bertz CT molecular complexity index is 367. The lowest BCUT2D eigenvalue weighted by Crippen LogP contribution is -2.13. The highest BCUT2D eigenvalue weighted by Crippen LogP contribution is 2.27. The number of aliphatic hydroxyl groups is 1. The van der Waals surface area contributed by atoms with Gasteiger partial charge in [-0.05, 0) is 30.5 Å². The van der Waals surface area contributed by atoms with Crippen molar-refractivity contribution in [2.24, 2.45) is 0 Å². The fourth-order valence-corrected chi connectivity index (χ4v) is 1.35. The van der Waals surface area contributed by atoms with Gasteiger partial charge in [0.2, 0.25) is 0 Å². The molecule has 2 rings (SSSR count). The standard InChI is InChI=1S/C12H14O4/c1-15-12(14)11(13)8-2-4-9(5-3-8)16-10-6-7-10/h2-5,10-11,13H,6-7H2,1H3. The molecule has 1 saturated carbocycles. The summed E-state index contributed by atoms with van der Waals surface area (Å²) in [5, 5.41) is 9.56. The molecular weight excluding hydrogens is 208 g/mol. The zero-order valence-corrected chi connectivity index (χ0v) is 9.05. The number of esters is 1. The van der Waals surface area contributed by atoms with Crippen LogP contribution < -0.4 is 4.74 Å². The molecule has 0 aliphatic heterocycles. The van der Waals surface area contributed by atoms with Gasteiger partial charge in [-0.1, -0.05) is 12.1 Å². The van der Waals surface area contributed by atoms with Gasteiger partial charge >= 0.3 is 5.97 Å². The maximum Gasteiger partial charge on any atom is 0.339 e. The van der Waals surface area contributed by atoms with Crippen LogP contribution in [0.15, 0.2) is 24.3 Å². The van der Waals surface area contributed by atoms with E-state index >= 15 is 0 Å². The Labute approximate surface area is 93.8 Å². The molecule has 0 aromatic heterocycles. The van der Waals surface area contributed by atoms with Crippen LogP contribution in [0.1, 0.15) is 24.5 Å². The van der Waals surface area contributed by atoms with E-state index in [-0.39, 0.29) is 0 Å². The second-order valence-corrected chi connectivity index (χ2v) is 3.81. The third-order valence-electron chi connectivity index (χ3n) is 2.45. The predicted octanol–water partition coefficient (Wildman–Crippen LogP) is 1.43. The zero-order chi connectivity index (χ0) is 11.5. The van der Waals surface area contributed by atoms with E-state index in [0.717, 1.165) is 18.6 Å². The van der Waals surface area contributed by atoms with Gasteiger partial charge in [0.1, 0.15) is 5.75 Å². The van der Waals surface area contributed by atoms with Gasteiger partial charge in [-0.15, -0.1) is 0 Å². The number of hydrogen-bond donors (Lipinski definition) is 1. The van der Waals surface area contributed by atoms with E-state index in [0.29, 0.717) is 11.7 Å². The molecule has 1 N–H and O–H groups in total. The van der Waals surface area contributed by atoms with Gasteiger partial charge in [-0.25, -0.2) is 4.79 Å². The van der Waals surface area contributed by atoms with Gasteiger partial charge in [0.25, 0.3) is 0 Å². The molecule has 86 valence electrons. The minimum absolute atomic E-state index is 0.344. The average molecular weight is 222 g/mol. The number of carbonyl (C=O) groups is 1. The second-order valence-electron chi connectivity index (χ2n) is 3.81. The predicted molar refractivity (Wildman–Crippen MR) is 57.1 cm³/mol. The van der Waals surface area contributed by atoms with E-state index in [1.165, 1.54) is 7.11 Å². The fraction of sp³-hybridized carbons (Fsp3) is 0.417. The summed E-state index contributed by atoms with van der Waals surface area (Å²) in [6.45, 7) is 0. The van der Waals surface area contributed by atoms with E-state index < -0.39 is 12.1 Å². The molecule has 0 amide bonds. The van der Waals surface area contributed by atoms with E-state index in [9.17, 15) is 9.90 Å². The SMILES string of the molecule is COC(=O)C(O)c1ccc(OC2CC2)cc1. The molecule has 1 aliphatic carbocycles. The Kier molecular flexibility index (Phi) is 3.10. The summed E-state index contributed by atoms with van der Waals surface area (Å²) in [7, 11) is 1.25. The van der Waals surface area contributed by atoms with Gasteiger partial charge < -0.3 is 14.6 Å². The molecule has 4 heteroatoms. The molecule has 0 spiro atoms. The molecule has 1 aromatic carbocycles. The second kappa shape index (κ2) is 4.53. The first kappa shape index (κ1) is 11.0. The molecule has 1 atom stereocenters. The summed E-state index contributed by atoms with van der Waals surface area (Å²) in [6.07, 6.45) is 1.33. The third kappa shape index (κ3) is 2.52. The number of methoxy groups -OCH3 is 1. The molecule has 0 saturated heterocycles. The molecule has 0 radical (unpaired) electrons. The summed E-state index contributed by atoms with van der Waals surface area (Å²) in [6, 6.07) is 6.83. The Hall–Kier alpha value is -1.55. The van der Waals surface area contributed by atoms with Crippen molar-refractivity contribution in [2.45, 2.75) is 25.0 Å². The fourth-order valence-electron chi connectivity index (χ4n) is 1.35. The first-order valence-electron chi connectivity index (χ1n) is 5.23. The van der Waals surface area contributed by atoms with E-state index in [1.54, 1.807) is 24.3 Å². The van der Waals surface area contributed by atoms with Crippen LogP contribution in [-0.4, -0.2) is 24.3 Å². The Morgan fingerprint density at radius 2 is 2.00 bits per heavy atom. The van der Waals surface area contributed by atoms with Crippen LogP contribution in [-0.2, 0) is 9.53 Å². The van der Waals surface area contributed by atoms with Crippen LogP contribution in [0.25, 0.3) is 0 Å². The average Bonchev–Trinajstić information content (AvgIpc) is 3.12. The Balaban J connectivity index is 2.02. The Morgan fingerprint density at radius 1 is 1.38 bits per heavy atom. The van der Waals surface area contributed by atoms with Crippen LogP contribution >= 0.6 is 0 Å². The highest BCUT2D eigenvalue weighted by atomic mass is 16.5. The number of hydrogen-bond acceptors (Lipinski definition) is 4. The molecule has 16 heavy (non-hydrogen) atoms. The number of aliphatic hydroxyl groups excluding tert-OH is 1. The van der Waals surface area contributed by atoms with Crippen LogP contribution in [0.5, 0.6) is 5.75 Å².